The maximum Gasteiger partial charge on any atom is 0.414 e. The molecule has 2 heterocycles. The minimum atomic E-state index is -0.384. The minimum absolute atomic E-state index is 0.138. The molecule has 0 aromatic heterocycles. The van der Waals surface area contributed by atoms with Gasteiger partial charge in [0.15, 0.2) is 0 Å². The van der Waals surface area contributed by atoms with E-state index in [2.05, 4.69) is 10.6 Å². The van der Waals surface area contributed by atoms with Gasteiger partial charge in [0.1, 0.15) is 6.61 Å². The molecule has 2 aliphatic heterocycles. The zero-order chi connectivity index (χ0) is 17.8. The molecule has 8 nitrogen and oxygen atoms in total. The fraction of sp³-hybridized carbons (Fsp3) is 0.471. The Kier molecular flexibility index (Phi) is 5.06. The molecule has 2 saturated heterocycles. The average Bonchev–Trinajstić information content (AvgIpc) is 3.16. The molecule has 2 fully saturated rings. The third kappa shape index (κ3) is 4.20. The molecular formula is C17H22N4O4. The number of rotatable bonds is 5. The molecule has 3 rings (SSSR count). The van der Waals surface area contributed by atoms with Crippen molar-refractivity contribution in [3.05, 3.63) is 24.3 Å². The molecule has 1 unspecified atom stereocenters. The van der Waals surface area contributed by atoms with Crippen LogP contribution in [-0.2, 0) is 9.53 Å². The standard InChI is InChI=1S/C17H22N4O4/c1-12(11-20-7-3-6-15(20)22)18-16(23)19-13-4-2-5-14(10-13)21-8-9-25-17(21)24/h2,4-5,10,12H,3,6-9,11H2,1H3,(H2,18,19,23). The second-order valence-corrected chi connectivity index (χ2v) is 6.26. The third-order valence-electron chi connectivity index (χ3n) is 4.22. The van der Waals surface area contributed by atoms with Gasteiger partial charge in [0.25, 0.3) is 0 Å². The van der Waals surface area contributed by atoms with Crippen molar-refractivity contribution >= 4 is 29.4 Å². The summed E-state index contributed by atoms with van der Waals surface area (Å²) in [5.74, 6) is 0.138. The maximum atomic E-state index is 12.1. The van der Waals surface area contributed by atoms with Gasteiger partial charge >= 0.3 is 12.1 Å². The first-order valence-electron chi connectivity index (χ1n) is 8.42. The molecule has 0 spiro atoms. The summed E-state index contributed by atoms with van der Waals surface area (Å²) in [5.41, 5.74) is 1.26. The molecule has 4 amide bonds. The van der Waals surface area contributed by atoms with Gasteiger partial charge in [0.05, 0.1) is 6.54 Å². The number of anilines is 2. The van der Waals surface area contributed by atoms with Crippen LogP contribution in [0, 0.1) is 0 Å². The van der Waals surface area contributed by atoms with Crippen LogP contribution in [0.3, 0.4) is 0 Å². The minimum Gasteiger partial charge on any atom is -0.447 e. The number of benzene rings is 1. The summed E-state index contributed by atoms with van der Waals surface area (Å²) >= 11 is 0. The van der Waals surface area contributed by atoms with Crippen molar-refractivity contribution in [2.75, 3.05) is 36.5 Å². The Labute approximate surface area is 146 Å². The summed E-state index contributed by atoms with van der Waals surface area (Å²) in [6.07, 6.45) is 1.08. The third-order valence-corrected chi connectivity index (χ3v) is 4.22. The van der Waals surface area contributed by atoms with Gasteiger partial charge < -0.3 is 20.3 Å². The molecule has 1 atom stereocenters. The number of carbonyl (C=O) groups excluding carboxylic acids is 3. The van der Waals surface area contributed by atoms with E-state index in [-0.39, 0.29) is 24.1 Å². The van der Waals surface area contributed by atoms with Crippen LogP contribution in [0.2, 0.25) is 0 Å². The van der Waals surface area contributed by atoms with Gasteiger partial charge in [-0.15, -0.1) is 0 Å². The molecule has 25 heavy (non-hydrogen) atoms. The summed E-state index contributed by atoms with van der Waals surface area (Å²) in [4.78, 5) is 38.7. The Balaban J connectivity index is 1.54. The summed E-state index contributed by atoms with van der Waals surface area (Å²) in [7, 11) is 0. The zero-order valence-electron chi connectivity index (χ0n) is 14.2. The topological polar surface area (TPSA) is 91.0 Å². The second-order valence-electron chi connectivity index (χ2n) is 6.26. The lowest BCUT2D eigenvalue weighted by Gasteiger charge is -2.22. The highest BCUT2D eigenvalue weighted by atomic mass is 16.6. The van der Waals surface area contributed by atoms with Crippen LogP contribution < -0.4 is 15.5 Å². The van der Waals surface area contributed by atoms with Gasteiger partial charge in [0, 0.05) is 36.9 Å². The van der Waals surface area contributed by atoms with E-state index >= 15 is 0 Å². The highest BCUT2D eigenvalue weighted by molar-refractivity contribution is 5.93. The largest absolute Gasteiger partial charge is 0.447 e. The number of hydrogen-bond acceptors (Lipinski definition) is 4. The summed E-state index contributed by atoms with van der Waals surface area (Å²) in [6, 6.07) is 6.53. The number of urea groups is 1. The van der Waals surface area contributed by atoms with Crippen molar-refractivity contribution in [3.63, 3.8) is 0 Å². The van der Waals surface area contributed by atoms with Crippen molar-refractivity contribution in [3.8, 4) is 0 Å². The van der Waals surface area contributed by atoms with Gasteiger partial charge in [-0.25, -0.2) is 9.59 Å². The van der Waals surface area contributed by atoms with Crippen LogP contribution >= 0.6 is 0 Å². The Morgan fingerprint density at radius 1 is 1.32 bits per heavy atom. The number of cyclic esters (lactones) is 1. The number of carbonyl (C=O) groups is 3. The molecule has 0 bridgehead atoms. The number of ether oxygens (including phenoxy) is 1. The second kappa shape index (κ2) is 7.42. The fourth-order valence-electron chi connectivity index (χ4n) is 3.04. The van der Waals surface area contributed by atoms with E-state index in [0.717, 1.165) is 13.0 Å². The van der Waals surface area contributed by atoms with E-state index < -0.39 is 0 Å². The lowest BCUT2D eigenvalue weighted by Crippen LogP contribution is -2.44. The molecular weight excluding hydrogens is 324 g/mol. The van der Waals surface area contributed by atoms with Crippen molar-refractivity contribution in [2.24, 2.45) is 0 Å². The number of likely N-dealkylation sites (tertiary alicyclic amines) is 1. The number of nitrogens with zero attached hydrogens (tertiary/aromatic N) is 2. The summed E-state index contributed by atoms with van der Waals surface area (Å²) in [5, 5.41) is 5.58. The van der Waals surface area contributed by atoms with E-state index in [1.54, 1.807) is 29.2 Å². The smallest absolute Gasteiger partial charge is 0.414 e. The molecule has 8 heteroatoms. The number of nitrogens with one attached hydrogen (secondary N) is 2. The zero-order valence-corrected chi connectivity index (χ0v) is 14.2. The molecule has 1 aromatic rings. The molecule has 0 radical (unpaired) electrons. The molecule has 0 aliphatic carbocycles. The highest BCUT2D eigenvalue weighted by Gasteiger charge is 2.24. The highest BCUT2D eigenvalue weighted by Crippen LogP contribution is 2.22. The van der Waals surface area contributed by atoms with E-state index in [1.165, 1.54) is 4.90 Å². The Hall–Kier alpha value is -2.77. The Morgan fingerprint density at radius 2 is 2.16 bits per heavy atom. The van der Waals surface area contributed by atoms with Gasteiger partial charge in [-0.2, -0.15) is 0 Å². The lowest BCUT2D eigenvalue weighted by molar-refractivity contribution is -0.127. The number of amides is 4. The lowest BCUT2D eigenvalue weighted by atomic mass is 10.2. The Bertz CT molecular complexity index is 678. The average molecular weight is 346 g/mol. The van der Waals surface area contributed by atoms with Crippen molar-refractivity contribution in [1.82, 2.24) is 10.2 Å². The predicted molar refractivity (Wildman–Crippen MR) is 92.6 cm³/mol. The fourth-order valence-corrected chi connectivity index (χ4v) is 3.04. The van der Waals surface area contributed by atoms with Crippen LogP contribution in [0.15, 0.2) is 24.3 Å². The number of hydrogen-bond donors (Lipinski definition) is 2. The van der Waals surface area contributed by atoms with Crippen molar-refractivity contribution in [2.45, 2.75) is 25.8 Å². The monoisotopic (exact) mass is 346 g/mol. The normalized spacial score (nSPS) is 18.3. The molecule has 0 saturated carbocycles. The van der Waals surface area contributed by atoms with E-state index in [1.807, 2.05) is 6.92 Å². The predicted octanol–water partition coefficient (Wildman–Crippen LogP) is 1.78. The van der Waals surface area contributed by atoms with Crippen LogP contribution in [0.5, 0.6) is 0 Å². The van der Waals surface area contributed by atoms with Crippen LogP contribution in [0.4, 0.5) is 21.0 Å². The van der Waals surface area contributed by atoms with Crippen molar-refractivity contribution < 1.29 is 19.1 Å². The Morgan fingerprint density at radius 3 is 2.84 bits per heavy atom. The quantitative estimate of drug-likeness (QED) is 0.850. The first-order chi connectivity index (χ1) is 12.0. The SMILES string of the molecule is CC(CN1CCCC1=O)NC(=O)Nc1cccc(N2CCOC2=O)c1. The molecule has 1 aromatic carbocycles. The van der Waals surface area contributed by atoms with E-state index in [0.29, 0.717) is 37.5 Å². The van der Waals surface area contributed by atoms with Gasteiger partial charge in [-0.3, -0.25) is 9.69 Å². The molecule has 2 N–H and O–H groups in total. The van der Waals surface area contributed by atoms with E-state index in [4.69, 9.17) is 4.74 Å². The maximum absolute atomic E-state index is 12.1. The first-order valence-corrected chi connectivity index (χ1v) is 8.42. The van der Waals surface area contributed by atoms with Gasteiger partial charge in [0.2, 0.25) is 5.91 Å². The molecule has 2 aliphatic rings. The van der Waals surface area contributed by atoms with E-state index in [9.17, 15) is 14.4 Å². The van der Waals surface area contributed by atoms with Gasteiger partial charge in [-0.05, 0) is 31.5 Å². The van der Waals surface area contributed by atoms with Crippen LogP contribution in [0.1, 0.15) is 19.8 Å². The molecule has 134 valence electrons. The van der Waals surface area contributed by atoms with Crippen molar-refractivity contribution in [1.29, 1.82) is 0 Å². The van der Waals surface area contributed by atoms with Gasteiger partial charge in [-0.1, -0.05) is 6.07 Å². The first kappa shape index (κ1) is 17.1. The van der Waals surface area contributed by atoms with Crippen LogP contribution in [0.25, 0.3) is 0 Å². The summed E-state index contributed by atoms with van der Waals surface area (Å²) < 4.78 is 4.92. The van der Waals surface area contributed by atoms with Crippen LogP contribution in [-0.4, -0.2) is 55.2 Å². The summed E-state index contributed by atoms with van der Waals surface area (Å²) in [6.45, 7) is 3.98.